The lowest BCUT2D eigenvalue weighted by Crippen LogP contribution is -2.11. The molecule has 0 bridgehead atoms. The first-order chi connectivity index (χ1) is 23.3. The minimum atomic E-state index is 0.862. The zero-order valence-electron chi connectivity index (χ0n) is 25.4. The molecule has 0 aliphatic rings. The van der Waals surface area contributed by atoms with Gasteiger partial charge in [-0.15, -0.1) is 0 Å². The van der Waals surface area contributed by atoms with Crippen LogP contribution >= 0.6 is 0 Å². The standard InChI is InChI=1S/C44H27NO2/c1-2-13-30-26-42-37(25-29(30)12-1)44-36(18-10-22-41(44)47-42)33-16-5-7-19-39(33)45(38-20-9-14-28-11-3-4-15-32(28)38)31-23-24-35-34-17-6-8-21-40(34)46-43(35)27-31/h1-27H. The topological polar surface area (TPSA) is 29.5 Å². The summed E-state index contributed by atoms with van der Waals surface area (Å²) in [6.45, 7) is 0. The smallest absolute Gasteiger partial charge is 0.137 e. The SMILES string of the molecule is c1ccc(N(c2ccc3c(c2)oc2ccccc23)c2cccc3ccccc23)c(-c2cccc3oc4cc5ccccc5cc4c23)c1. The molecule has 10 aromatic rings. The van der Waals surface area contributed by atoms with Gasteiger partial charge in [-0.25, -0.2) is 0 Å². The first kappa shape index (κ1) is 26.0. The van der Waals surface area contributed by atoms with Crippen molar-refractivity contribution >= 4 is 82.5 Å². The molecule has 3 heteroatoms. The lowest BCUT2D eigenvalue weighted by Gasteiger charge is -2.29. The molecule has 0 atom stereocenters. The van der Waals surface area contributed by atoms with Gasteiger partial charge in [0.05, 0.1) is 11.4 Å². The van der Waals surface area contributed by atoms with Crippen LogP contribution in [0.1, 0.15) is 0 Å². The van der Waals surface area contributed by atoms with Crippen LogP contribution in [-0.2, 0) is 0 Å². The number of para-hydroxylation sites is 2. The Bertz CT molecular complexity index is 2820. The van der Waals surface area contributed by atoms with E-state index in [2.05, 4.69) is 157 Å². The van der Waals surface area contributed by atoms with E-state index in [4.69, 9.17) is 8.83 Å². The summed E-state index contributed by atoms with van der Waals surface area (Å²) in [5, 5.41) is 9.19. The van der Waals surface area contributed by atoms with Crippen molar-refractivity contribution in [1.82, 2.24) is 0 Å². The van der Waals surface area contributed by atoms with Gasteiger partial charge >= 0.3 is 0 Å². The molecule has 3 nitrogen and oxygen atoms in total. The van der Waals surface area contributed by atoms with Crippen molar-refractivity contribution in [1.29, 1.82) is 0 Å². The second-order valence-electron chi connectivity index (χ2n) is 12.1. The van der Waals surface area contributed by atoms with Gasteiger partial charge in [0.2, 0.25) is 0 Å². The molecule has 2 heterocycles. The molecular formula is C44H27NO2. The quantitative estimate of drug-likeness (QED) is 0.201. The number of fused-ring (bicyclic) bond motifs is 8. The Morgan fingerprint density at radius 2 is 0.936 bits per heavy atom. The van der Waals surface area contributed by atoms with E-state index in [0.29, 0.717) is 0 Å². The van der Waals surface area contributed by atoms with Gasteiger partial charge in [0.15, 0.2) is 0 Å². The Morgan fingerprint density at radius 1 is 0.340 bits per heavy atom. The van der Waals surface area contributed by atoms with Crippen LogP contribution < -0.4 is 4.90 Å². The maximum Gasteiger partial charge on any atom is 0.137 e. The summed E-state index contributed by atoms with van der Waals surface area (Å²) in [7, 11) is 0. The van der Waals surface area contributed by atoms with Crippen LogP contribution in [0, 0.1) is 0 Å². The van der Waals surface area contributed by atoms with Crippen molar-refractivity contribution in [2.45, 2.75) is 0 Å². The Morgan fingerprint density at radius 3 is 1.85 bits per heavy atom. The summed E-state index contributed by atoms with van der Waals surface area (Å²) in [5.41, 5.74) is 8.96. The molecule has 0 saturated heterocycles. The number of furan rings is 2. The number of hydrogen-bond donors (Lipinski definition) is 0. The van der Waals surface area contributed by atoms with E-state index >= 15 is 0 Å². The lowest BCUT2D eigenvalue weighted by atomic mass is 9.95. The average molecular weight is 602 g/mol. The van der Waals surface area contributed by atoms with Crippen LogP contribution in [0.5, 0.6) is 0 Å². The van der Waals surface area contributed by atoms with Gasteiger partial charge in [-0.2, -0.15) is 0 Å². The van der Waals surface area contributed by atoms with E-state index in [-0.39, 0.29) is 0 Å². The fourth-order valence-corrected chi connectivity index (χ4v) is 7.30. The third-order valence-electron chi connectivity index (χ3n) is 9.43. The van der Waals surface area contributed by atoms with Crippen LogP contribution in [-0.4, -0.2) is 0 Å². The molecule has 0 spiro atoms. The highest BCUT2D eigenvalue weighted by Gasteiger charge is 2.22. The molecule has 10 rings (SSSR count). The summed E-state index contributed by atoms with van der Waals surface area (Å²) < 4.78 is 12.9. The molecule has 47 heavy (non-hydrogen) atoms. The summed E-state index contributed by atoms with van der Waals surface area (Å²) in [4.78, 5) is 2.38. The number of benzene rings is 8. The average Bonchev–Trinajstić information content (AvgIpc) is 3.68. The molecule has 0 N–H and O–H groups in total. The maximum atomic E-state index is 6.50. The van der Waals surface area contributed by atoms with Crippen LogP contribution in [0.25, 0.3) is 76.5 Å². The number of rotatable bonds is 4. The Hall–Kier alpha value is -6.32. The van der Waals surface area contributed by atoms with Gasteiger partial charge in [0, 0.05) is 44.2 Å². The number of hydrogen-bond acceptors (Lipinski definition) is 3. The summed E-state index contributed by atoms with van der Waals surface area (Å²) >= 11 is 0. The number of anilines is 3. The molecule has 0 unspecified atom stereocenters. The van der Waals surface area contributed by atoms with Crippen molar-refractivity contribution in [3.63, 3.8) is 0 Å². The summed E-state index contributed by atoms with van der Waals surface area (Å²) in [6.07, 6.45) is 0. The Kier molecular flexibility index (Phi) is 5.57. The van der Waals surface area contributed by atoms with Crippen LogP contribution in [0.15, 0.2) is 173 Å². The highest BCUT2D eigenvalue weighted by molar-refractivity contribution is 6.17. The normalized spacial score (nSPS) is 11.8. The Labute approximate surface area is 270 Å². The van der Waals surface area contributed by atoms with E-state index in [1.54, 1.807) is 0 Å². The highest BCUT2D eigenvalue weighted by Crippen LogP contribution is 2.47. The van der Waals surface area contributed by atoms with Crippen molar-refractivity contribution in [3.8, 4) is 11.1 Å². The number of nitrogens with zero attached hydrogens (tertiary/aromatic N) is 1. The van der Waals surface area contributed by atoms with E-state index in [9.17, 15) is 0 Å². The fraction of sp³-hybridized carbons (Fsp3) is 0. The minimum absolute atomic E-state index is 0.862. The minimum Gasteiger partial charge on any atom is -0.456 e. The molecule has 0 aliphatic heterocycles. The van der Waals surface area contributed by atoms with Crippen molar-refractivity contribution in [2.24, 2.45) is 0 Å². The van der Waals surface area contributed by atoms with Gasteiger partial charge in [-0.05, 0) is 70.3 Å². The second-order valence-corrected chi connectivity index (χ2v) is 12.1. The van der Waals surface area contributed by atoms with Crippen molar-refractivity contribution < 1.29 is 8.83 Å². The fourth-order valence-electron chi connectivity index (χ4n) is 7.30. The molecule has 0 saturated carbocycles. The molecule has 0 amide bonds. The van der Waals surface area contributed by atoms with Crippen LogP contribution in [0.3, 0.4) is 0 Å². The van der Waals surface area contributed by atoms with Crippen molar-refractivity contribution in [3.05, 3.63) is 164 Å². The molecule has 2 aromatic heterocycles. The third-order valence-corrected chi connectivity index (χ3v) is 9.43. The molecule has 220 valence electrons. The zero-order valence-corrected chi connectivity index (χ0v) is 25.4. The van der Waals surface area contributed by atoms with Crippen molar-refractivity contribution in [2.75, 3.05) is 4.90 Å². The maximum absolute atomic E-state index is 6.50. The van der Waals surface area contributed by atoms with Gasteiger partial charge in [-0.1, -0.05) is 109 Å². The first-order valence-corrected chi connectivity index (χ1v) is 15.9. The predicted octanol–water partition coefficient (Wildman–Crippen LogP) is 12.9. The lowest BCUT2D eigenvalue weighted by molar-refractivity contribution is 0.669. The predicted molar refractivity (Wildman–Crippen MR) is 196 cm³/mol. The molecule has 0 fully saturated rings. The molecule has 0 radical (unpaired) electrons. The highest BCUT2D eigenvalue weighted by atomic mass is 16.3. The van der Waals surface area contributed by atoms with E-state index in [0.717, 1.165) is 72.1 Å². The molecular weight excluding hydrogens is 574 g/mol. The zero-order chi connectivity index (χ0) is 30.9. The molecule has 8 aromatic carbocycles. The third kappa shape index (κ3) is 4.00. The molecule has 0 aliphatic carbocycles. The van der Waals surface area contributed by atoms with Crippen LogP contribution in [0.4, 0.5) is 17.1 Å². The van der Waals surface area contributed by atoms with Gasteiger partial charge in [-0.3, -0.25) is 0 Å². The largest absolute Gasteiger partial charge is 0.456 e. The Balaban J connectivity index is 1.27. The van der Waals surface area contributed by atoms with E-state index in [1.165, 1.54) is 21.5 Å². The van der Waals surface area contributed by atoms with E-state index in [1.807, 2.05) is 12.1 Å². The first-order valence-electron chi connectivity index (χ1n) is 15.9. The van der Waals surface area contributed by atoms with Gasteiger partial charge < -0.3 is 13.7 Å². The van der Waals surface area contributed by atoms with Gasteiger partial charge in [0.1, 0.15) is 22.3 Å². The summed E-state index contributed by atoms with van der Waals surface area (Å²) in [6, 6.07) is 57.9. The summed E-state index contributed by atoms with van der Waals surface area (Å²) in [5.74, 6) is 0. The van der Waals surface area contributed by atoms with Gasteiger partial charge in [0.25, 0.3) is 0 Å². The monoisotopic (exact) mass is 601 g/mol. The van der Waals surface area contributed by atoms with E-state index < -0.39 is 0 Å². The van der Waals surface area contributed by atoms with Crippen LogP contribution in [0.2, 0.25) is 0 Å². The second kappa shape index (κ2) is 10.1.